The normalized spacial score (nSPS) is 20.8. The number of pyridine rings is 1. The first-order valence-corrected chi connectivity index (χ1v) is 9.11. The van der Waals surface area contributed by atoms with E-state index < -0.39 is 5.60 Å². The number of ether oxygens (including phenoxy) is 1. The molecule has 2 heterocycles. The molecule has 1 saturated carbocycles. The Kier molecular flexibility index (Phi) is 4.55. The SMILES string of the molecule is CN(C(=O)OC(C)(C)C)C1CC(n2ccc3c(Cl)cc(Br)nc32)C1. The fourth-order valence-corrected chi connectivity index (χ4v) is 3.72. The van der Waals surface area contributed by atoms with Gasteiger partial charge in [0.05, 0.1) is 5.02 Å². The van der Waals surface area contributed by atoms with Gasteiger partial charge >= 0.3 is 6.09 Å². The third-order valence-electron chi connectivity index (χ3n) is 4.31. The van der Waals surface area contributed by atoms with Gasteiger partial charge in [-0.15, -0.1) is 0 Å². The topological polar surface area (TPSA) is 47.4 Å². The van der Waals surface area contributed by atoms with Crippen LogP contribution in [0.5, 0.6) is 0 Å². The molecule has 130 valence electrons. The summed E-state index contributed by atoms with van der Waals surface area (Å²) in [5, 5.41) is 1.64. The Bertz CT molecular complexity index is 778. The summed E-state index contributed by atoms with van der Waals surface area (Å²) in [7, 11) is 1.80. The van der Waals surface area contributed by atoms with E-state index in [4.69, 9.17) is 16.3 Å². The smallest absolute Gasteiger partial charge is 0.410 e. The maximum Gasteiger partial charge on any atom is 0.410 e. The van der Waals surface area contributed by atoms with Gasteiger partial charge < -0.3 is 14.2 Å². The van der Waals surface area contributed by atoms with Crippen molar-refractivity contribution < 1.29 is 9.53 Å². The van der Waals surface area contributed by atoms with Gasteiger partial charge in [-0.25, -0.2) is 9.78 Å². The number of rotatable bonds is 2. The lowest BCUT2D eigenvalue weighted by Gasteiger charge is -2.42. The average Bonchev–Trinajstić information content (AvgIpc) is 2.79. The number of amides is 1. The summed E-state index contributed by atoms with van der Waals surface area (Å²) < 4.78 is 8.30. The number of fused-ring (bicyclic) bond motifs is 1. The number of nitrogens with zero attached hydrogens (tertiary/aromatic N) is 3. The molecule has 2 aromatic rings. The summed E-state index contributed by atoms with van der Waals surface area (Å²) in [5.41, 5.74) is 0.399. The van der Waals surface area contributed by atoms with Crippen LogP contribution in [0, 0.1) is 0 Å². The molecular weight excluding hydrogens is 394 g/mol. The van der Waals surface area contributed by atoms with E-state index in [0.29, 0.717) is 11.1 Å². The highest BCUT2D eigenvalue weighted by atomic mass is 79.9. The fraction of sp³-hybridized carbons (Fsp3) is 0.529. The minimum absolute atomic E-state index is 0.185. The highest BCUT2D eigenvalue weighted by Crippen LogP contribution is 2.39. The molecular formula is C17H21BrClN3O2. The first-order chi connectivity index (χ1) is 11.2. The van der Waals surface area contributed by atoms with Gasteiger partial charge in [0.15, 0.2) is 0 Å². The van der Waals surface area contributed by atoms with Crippen molar-refractivity contribution in [3.8, 4) is 0 Å². The van der Waals surface area contributed by atoms with Crippen molar-refractivity contribution in [1.82, 2.24) is 14.5 Å². The summed E-state index contributed by atoms with van der Waals surface area (Å²) >= 11 is 9.67. The van der Waals surface area contributed by atoms with Crippen LogP contribution in [0.3, 0.4) is 0 Å². The number of aromatic nitrogens is 2. The van der Waals surface area contributed by atoms with E-state index in [2.05, 4.69) is 25.5 Å². The highest BCUT2D eigenvalue weighted by molar-refractivity contribution is 9.10. The van der Waals surface area contributed by atoms with Gasteiger partial charge in [-0.2, -0.15) is 0 Å². The van der Waals surface area contributed by atoms with Gasteiger partial charge in [-0.3, -0.25) is 0 Å². The molecule has 1 amide bonds. The molecule has 24 heavy (non-hydrogen) atoms. The van der Waals surface area contributed by atoms with E-state index in [-0.39, 0.29) is 12.1 Å². The fourth-order valence-electron chi connectivity index (χ4n) is 2.94. The van der Waals surface area contributed by atoms with Crippen LogP contribution in [0.2, 0.25) is 5.02 Å². The van der Waals surface area contributed by atoms with Crippen molar-refractivity contribution in [2.24, 2.45) is 0 Å². The molecule has 5 nitrogen and oxygen atoms in total. The third kappa shape index (κ3) is 3.40. The first kappa shape index (κ1) is 17.5. The molecule has 0 bridgehead atoms. The van der Waals surface area contributed by atoms with Crippen LogP contribution in [0.1, 0.15) is 39.7 Å². The second-order valence-electron chi connectivity index (χ2n) is 7.26. The van der Waals surface area contributed by atoms with Crippen molar-refractivity contribution in [2.45, 2.75) is 51.3 Å². The summed E-state index contributed by atoms with van der Waals surface area (Å²) in [4.78, 5) is 18.4. The number of carbonyl (C=O) groups is 1. The van der Waals surface area contributed by atoms with Crippen LogP contribution in [0.25, 0.3) is 11.0 Å². The molecule has 0 N–H and O–H groups in total. The second-order valence-corrected chi connectivity index (χ2v) is 8.48. The maximum absolute atomic E-state index is 12.1. The number of carbonyl (C=O) groups excluding carboxylic acids is 1. The second kappa shape index (κ2) is 6.23. The predicted molar refractivity (Wildman–Crippen MR) is 98.5 cm³/mol. The van der Waals surface area contributed by atoms with E-state index >= 15 is 0 Å². The minimum atomic E-state index is -0.474. The summed E-state index contributed by atoms with van der Waals surface area (Å²) in [6.45, 7) is 5.63. The average molecular weight is 415 g/mol. The molecule has 1 fully saturated rings. The largest absolute Gasteiger partial charge is 0.444 e. The van der Waals surface area contributed by atoms with E-state index in [1.54, 1.807) is 18.0 Å². The van der Waals surface area contributed by atoms with Gasteiger partial charge in [-0.05, 0) is 61.7 Å². The van der Waals surface area contributed by atoms with Gasteiger partial charge in [0.2, 0.25) is 0 Å². The third-order valence-corrected chi connectivity index (χ3v) is 5.03. The van der Waals surface area contributed by atoms with Gasteiger partial charge in [0, 0.05) is 30.7 Å². The molecule has 0 aliphatic heterocycles. The quantitative estimate of drug-likeness (QED) is 0.648. The monoisotopic (exact) mass is 413 g/mol. The molecule has 1 aliphatic rings. The standard InChI is InChI=1S/C17H21BrClN3O2/c1-17(2,3)24-16(23)21(4)10-7-11(8-10)22-6-5-12-13(19)9-14(18)20-15(12)22/h5-6,9-11H,7-8H2,1-4H3. The molecule has 1 aliphatic carbocycles. The van der Waals surface area contributed by atoms with Crippen LogP contribution < -0.4 is 0 Å². The predicted octanol–water partition coefficient (Wildman–Crippen LogP) is 5.02. The summed E-state index contributed by atoms with van der Waals surface area (Å²) in [6.07, 6.45) is 3.51. The molecule has 7 heteroatoms. The minimum Gasteiger partial charge on any atom is -0.444 e. The molecule has 0 aromatic carbocycles. The van der Waals surface area contributed by atoms with Gasteiger partial charge in [-0.1, -0.05) is 11.6 Å². The molecule has 0 radical (unpaired) electrons. The van der Waals surface area contributed by atoms with Gasteiger partial charge in [0.1, 0.15) is 15.9 Å². The molecule has 0 atom stereocenters. The van der Waals surface area contributed by atoms with E-state index in [9.17, 15) is 4.79 Å². The van der Waals surface area contributed by atoms with Crippen molar-refractivity contribution in [3.05, 3.63) is 28.0 Å². The Morgan fingerprint density at radius 3 is 2.75 bits per heavy atom. The number of halogens is 2. The van der Waals surface area contributed by atoms with E-state index in [0.717, 1.165) is 28.5 Å². The van der Waals surface area contributed by atoms with Crippen molar-refractivity contribution >= 4 is 44.7 Å². The summed E-state index contributed by atoms with van der Waals surface area (Å²) in [5.74, 6) is 0. The van der Waals surface area contributed by atoms with E-state index in [1.807, 2.05) is 33.0 Å². The molecule has 3 rings (SSSR count). The van der Waals surface area contributed by atoms with Crippen LogP contribution in [0.15, 0.2) is 22.9 Å². The number of hydrogen-bond acceptors (Lipinski definition) is 3. The Morgan fingerprint density at radius 1 is 1.46 bits per heavy atom. The Morgan fingerprint density at radius 2 is 2.12 bits per heavy atom. The summed E-state index contributed by atoms with van der Waals surface area (Å²) in [6, 6.07) is 4.29. The maximum atomic E-state index is 12.1. The zero-order chi connectivity index (χ0) is 17.6. The first-order valence-electron chi connectivity index (χ1n) is 7.94. The Balaban J connectivity index is 1.70. The van der Waals surface area contributed by atoms with Crippen molar-refractivity contribution in [2.75, 3.05) is 7.05 Å². The molecule has 0 unspecified atom stereocenters. The van der Waals surface area contributed by atoms with Crippen molar-refractivity contribution in [3.63, 3.8) is 0 Å². The molecule has 0 spiro atoms. The Labute approximate surface area is 155 Å². The van der Waals surface area contributed by atoms with Crippen LogP contribution in [0.4, 0.5) is 4.79 Å². The number of hydrogen-bond donors (Lipinski definition) is 0. The van der Waals surface area contributed by atoms with Gasteiger partial charge in [0.25, 0.3) is 0 Å². The van der Waals surface area contributed by atoms with Crippen molar-refractivity contribution in [1.29, 1.82) is 0 Å². The van der Waals surface area contributed by atoms with Crippen LogP contribution in [-0.2, 0) is 4.74 Å². The zero-order valence-corrected chi connectivity index (χ0v) is 16.6. The van der Waals surface area contributed by atoms with Crippen LogP contribution >= 0.6 is 27.5 Å². The van der Waals surface area contributed by atoms with Crippen LogP contribution in [-0.4, -0.2) is 39.2 Å². The lowest BCUT2D eigenvalue weighted by Crippen LogP contribution is -2.47. The molecule has 2 aromatic heterocycles. The lowest BCUT2D eigenvalue weighted by atomic mass is 9.85. The van der Waals surface area contributed by atoms with E-state index in [1.165, 1.54) is 0 Å². The lowest BCUT2D eigenvalue weighted by molar-refractivity contribution is 0.00809. The zero-order valence-electron chi connectivity index (χ0n) is 14.2. The molecule has 0 saturated heterocycles. The Hall–Kier alpha value is -1.27. The highest BCUT2D eigenvalue weighted by Gasteiger charge is 2.37.